The number of nitrogens with one attached hydrogen (secondary N) is 1. The maximum Gasteiger partial charge on any atom is 0.344 e. The number of nitrogens with zero attached hydrogens (tertiary/aromatic N) is 1. The van der Waals surface area contributed by atoms with Crippen LogP contribution in [0.2, 0.25) is 0 Å². The molecule has 2 aromatic carbocycles. The first-order valence-electron chi connectivity index (χ1n) is 7.45. The van der Waals surface area contributed by atoms with Crippen molar-refractivity contribution in [2.75, 3.05) is 0 Å². The number of benzene rings is 2. The summed E-state index contributed by atoms with van der Waals surface area (Å²) >= 11 is 6.28. The van der Waals surface area contributed by atoms with Gasteiger partial charge in [0.25, 0.3) is 0 Å². The van der Waals surface area contributed by atoms with E-state index >= 15 is 0 Å². The van der Waals surface area contributed by atoms with Gasteiger partial charge in [0.05, 0.1) is 10.5 Å². The molecule has 0 aliphatic heterocycles. The van der Waals surface area contributed by atoms with Crippen LogP contribution in [0.5, 0.6) is 5.75 Å². The van der Waals surface area contributed by atoms with Gasteiger partial charge in [-0.05, 0) is 42.8 Å². The van der Waals surface area contributed by atoms with E-state index in [-0.39, 0.29) is 5.52 Å². The number of hydrogen-bond acceptors (Lipinski definition) is 3. The fraction of sp³-hybridized carbons (Fsp3) is 0.111. The number of carboxylic acids is 1. The number of para-hydroxylation sites is 1. The van der Waals surface area contributed by atoms with Gasteiger partial charge in [-0.1, -0.05) is 29.8 Å². The minimum absolute atomic E-state index is 0.219. The molecule has 3 aromatic rings. The SMILES string of the molecule is CC(Oc1cccc(/C=C(/Cl)c2nc3c(F)cccc3[nH]2)c1)C(=O)O. The molecular weight excluding hydrogens is 347 g/mol. The molecule has 5 nitrogen and oxygen atoms in total. The Labute approximate surface area is 147 Å². The molecule has 2 N–H and O–H groups in total. The third kappa shape index (κ3) is 3.80. The van der Waals surface area contributed by atoms with Crippen LogP contribution in [-0.4, -0.2) is 27.1 Å². The van der Waals surface area contributed by atoms with Crippen LogP contribution in [0, 0.1) is 5.82 Å². The maximum atomic E-state index is 13.7. The van der Waals surface area contributed by atoms with E-state index in [2.05, 4.69) is 9.97 Å². The van der Waals surface area contributed by atoms with E-state index < -0.39 is 17.9 Å². The number of rotatable bonds is 5. The van der Waals surface area contributed by atoms with Crippen molar-refractivity contribution in [3.05, 3.63) is 59.7 Å². The van der Waals surface area contributed by atoms with Crippen LogP contribution < -0.4 is 4.74 Å². The Bertz CT molecular complexity index is 968. The van der Waals surface area contributed by atoms with E-state index in [1.807, 2.05) is 0 Å². The number of fused-ring (bicyclic) bond motifs is 1. The molecule has 1 heterocycles. The third-order valence-corrected chi connectivity index (χ3v) is 3.79. The molecule has 0 fully saturated rings. The molecular formula is C18H14ClFN2O3. The van der Waals surface area contributed by atoms with E-state index in [0.717, 1.165) is 0 Å². The Hall–Kier alpha value is -2.86. The lowest BCUT2D eigenvalue weighted by atomic mass is 10.2. The number of carbonyl (C=O) groups is 1. The summed E-state index contributed by atoms with van der Waals surface area (Å²) in [6.45, 7) is 1.45. The summed E-state index contributed by atoms with van der Waals surface area (Å²) in [5.74, 6) is -0.735. The quantitative estimate of drug-likeness (QED) is 0.711. The summed E-state index contributed by atoms with van der Waals surface area (Å²) < 4.78 is 19.0. The van der Waals surface area contributed by atoms with E-state index in [0.29, 0.717) is 27.7 Å². The van der Waals surface area contributed by atoms with Crippen LogP contribution in [-0.2, 0) is 4.79 Å². The molecule has 0 radical (unpaired) electrons. The van der Waals surface area contributed by atoms with E-state index in [4.69, 9.17) is 21.4 Å². The molecule has 128 valence electrons. The van der Waals surface area contributed by atoms with Gasteiger partial charge < -0.3 is 14.8 Å². The molecule has 1 unspecified atom stereocenters. The molecule has 25 heavy (non-hydrogen) atoms. The standard InChI is InChI=1S/C18H14ClFN2O3/c1-10(18(23)24)25-12-5-2-4-11(8-12)9-13(19)17-21-15-7-3-6-14(20)16(15)22-17/h2-10H,1H3,(H,21,22)(H,23,24)/b13-9+. The van der Waals surface area contributed by atoms with Crippen molar-refractivity contribution in [3.8, 4) is 5.75 Å². The average Bonchev–Trinajstić information content (AvgIpc) is 3.01. The van der Waals surface area contributed by atoms with Crippen molar-refractivity contribution in [1.29, 1.82) is 0 Å². The van der Waals surface area contributed by atoms with Gasteiger partial charge in [-0.15, -0.1) is 0 Å². The van der Waals surface area contributed by atoms with Crippen LogP contribution in [0.4, 0.5) is 4.39 Å². The van der Waals surface area contributed by atoms with Gasteiger partial charge in [0, 0.05) is 0 Å². The van der Waals surface area contributed by atoms with Crippen molar-refractivity contribution < 1.29 is 19.0 Å². The van der Waals surface area contributed by atoms with Crippen LogP contribution in [0.25, 0.3) is 22.1 Å². The van der Waals surface area contributed by atoms with E-state index in [1.165, 1.54) is 13.0 Å². The van der Waals surface area contributed by atoms with Gasteiger partial charge >= 0.3 is 5.97 Å². The van der Waals surface area contributed by atoms with Gasteiger partial charge in [-0.3, -0.25) is 0 Å². The highest BCUT2D eigenvalue weighted by Gasteiger charge is 2.13. The highest BCUT2D eigenvalue weighted by atomic mass is 35.5. The highest BCUT2D eigenvalue weighted by Crippen LogP contribution is 2.25. The second-order valence-electron chi connectivity index (χ2n) is 5.38. The number of halogens is 2. The third-order valence-electron chi connectivity index (χ3n) is 3.50. The van der Waals surface area contributed by atoms with Crippen LogP contribution in [0.3, 0.4) is 0 Å². The van der Waals surface area contributed by atoms with Gasteiger partial charge in [0.15, 0.2) is 11.9 Å². The molecule has 0 bridgehead atoms. The Kier molecular flexibility index (Phi) is 4.72. The number of ether oxygens (including phenoxy) is 1. The summed E-state index contributed by atoms with van der Waals surface area (Å²) in [5, 5.41) is 9.19. The number of hydrogen-bond donors (Lipinski definition) is 2. The first kappa shape index (κ1) is 17.0. The average molecular weight is 361 g/mol. The minimum atomic E-state index is -1.05. The van der Waals surface area contributed by atoms with Crippen molar-refractivity contribution in [3.63, 3.8) is 0 Å². The zero-order chi connectivity index (χ0) is 18.0. The van der Waals surface area contributed by atoms with Gasteiger partial charge in [-0.2, -0.15) is 0 Å². The van der Waals surface area contributed by atoms with Crippen molar-refractivity contribution in [2.45, 2.75) is 13.0 Å². The Morgan fingerprint density at radius 1 is 1.36 bits per heavy atom. The predicted octanol–water partition coefficient (Wildman–Crippen LogP) is 4.29. The first-order valence-corrected chi connectivity index (χ1v) is 7.83. The Morgan fingerprint density at radius 2 is 2.12 bits per heavy atom. The monoisotopic (exact) mass is 360 g/mol. The lowest BCUT2D eigenvalue weighted by molar-refractivity contribution is -0.144. The van der Waals surface area contributed by atoms with Crippen molar-refractivity contribution in [1.82, 2.24) is 9.97 Å². The largest absolute Gasteiger partial charge is 0.479 e. The zero-order valence-electron chi connectivity index (χ0n) is 13.2. The molecule has 0 aliphatic rings. The van der Waals surface area contributed by atoms with Gasteiger partial charge in [0.1, 0.15) is 17.1 Å². The Morgan fingerprint density at radius 3 is 2.84 bits per heavy atom. The van der Waals surface area contributed by atoms with Crippen LogP contribution in [0.1, 0.15) is 18.3 Å². The van der Waals surface area contributed by atoms with Crippen LogP contribution in [0.15, 0.2) is 42.5 Å². The van der Waals surface area contributed by atoms with Gasteiger partial charge in [0.2, 0.25) is 0 Å². The topological polar surface area (TPSA) is 75.2 Å². The molecule has 1 aromatic heterocycles. The van der Waals surface area contributed by atoms with Crippen molar-refractivity contribution >= 4 is 39.7 Å². The molecule has 3 rings (SSSR count). The van der Waals surface area contributed by atoms with Gasteiger partial charge in [-0.25, -0.2) is 14.2 Å². The molecule has 0 spiro atoms. The summed E-state index contributed by atoms with van der Waals surface area (Å²) in [7, 11) is 0. The summed E-state index contributed by atoms with van der Waals surface area (Å²) in [6, 6.07) is 11.4. The Balaban J connectivity index is 1.88. The normalized spacial score (nSPS) is 13.0. The van der Waals surface area contributed by atoms with Crippen molar-refractivity contribution in [2.24, 2.45) is 0 Å². The summed E-state index contributed by atoms with van der Waals surface area (Å²) in [4.78, 5) is 18.0. The highest BCUT2D eigenvalue weighted by molar-refractivity contribution is 6.50. The predicted molar refractivity (Wildman–Crippen MR) is 93.9 cm³/mol. The van der Waals surface area contributed by atoms with Crippen LogP contribution >= 0.6 is 11.6 Å². The lowest BCUT2D eigenvalue weighted by Crippen LogP contribution is -2.22. The second kappa shape index (κ2) is 6.94. The van der Waals surface area contributed by atoms with E-state index in [9.17, 15) is 9.18 Å². The minimum Gasteiger partial charge on any atom is -0.479 e. The number of aromatic nitrogens is 2. The molecule has 0 saturated heterocycles. The summed E-state index contributed by atoms with van der Waals surface area (Å²) in [5.41, 5.74) is 1.46. The number of aliphatic carboxylic acids is 1. The molecule has 7 heteroatoms. The number of H-pyrrole nitrogens is 1. The maximum absolute atomic E-state index is 13.7. The van der Waals surface area contributed by atoms with E-state index in [1.54, 1.807) is 42.5 Å². The molecule has 0 aliphatic carbocycles. The smallest absolute Gasteiger partial charge is 0.344 e. The number of imidazole rings is 1. The fourth-order valence-electron chi connectivity index (χ4n) is 2.26. The zero-order valence-corrected chi connectivity index (χ0v) is 13.9. The number of carboxylic acid groups (broad SMARTS) is 1. The number of aromatic amines is 1. The fourth-order valence-corrected chi connectivity index (χ4v) is 2.47. The molecule has 0 amide bonds. The first-order chi connectivity index (χ1) is 11.9. The second-order valence-corrected chi connectivity index (χ2v) is 5.79. The lowest BCUT2D eigenvalue weighted by Gasteiger charge is -2.10. The molecule has 1 atom stereocenters. The summed E-state index contributed by atoms with van der Waals surface area (Å²) in [6.07, 6.45) is 0.670. The molecule has 0 saturated carbocycles.